The maximum absolute atomic E-state index is 9.94. The summed E-state index contributed by atoms with van der Waals surface area (Å²) >= 11 is 6.15. The molecule has 2 aromatic heterocycles. The minimum Gasteiger partial charge on any atom is -0.395 e. The molecule has 8 nitrogen and oxygen atoms in total. The quantitative estimate of drug-likeness (QED) is 0.498. The fourth-order valence-electron chi connectivity index (χ4n) is 4.13. The van der Waals surface area contributed by atoms with Crippen LogP contribution in [0.25, 0.3) is 11.3 Å². The lowest BCUT2D eigenvalue weighted by atomic mass is 9.83. The second kappa shape index (κ2) is 8.08. The number of halogens is 1. The smallest absolute Gasteiger partial charge is 0.228 e. The third-order valence-corrected chi connectivity index (χ3v) is 6.49. The van der Waals surface area contributed by atoms with E-state index in [-0.39, 0.29) is 6.61 Å². The third kappa shape index (κ3) is 3.90. The number of benzene rings is 1. The second-order valence-corrected chi connectivity index (χ2v) is 9.22. The maximum Gasteiger partial charge on any atom is 0.228 e. The topological polar surface area (TPSA) is 112 Å². The van der Waals surface area contributed by atoms with E-state index in [2.05, 4.69) is 31.8 Å². The van der Waals surface area contributed by atoms with E-state index in [1.807, 2.05) is 29.8 Å². The van der Waals surface area contributed by atoms with E-state index >= 15 is 0 Å². The third-order valence-electron chi connectivity index (χ3n) is 6.30. The fourth-order valence-corrected chi connectivity index (χ4v) is 4.32. The van der Waals surface area contributed by atoms with Crippen LogP contribution in [0.5, 0.6) is 0 Å². The Labute approximate surface area is 191 Å². The summed E-state index contributed by atoms with van der Waals surface area (Å²) in [5, 5.41) is 30.9. The van der Waals surface area contributed by atoms with Crippen molar-refractivity contribution >= 4 is 29.1 Å². The first-order valence-electron chi connectivity index (χ1n) is 10.8. The highest BCUT2D eigenvalue weighted by Crippen LogP contribution is 2.41. The molecule has 164 valence electrons. The minimum atomic E-state index is -0.449. The summed E-state index contributed by atoms with van der Waals surface area (Å²) in [6.45, 7) is 3.35. The molecule has 1 fully saturated rings. The van der Waals surface area contributed by atoms with E-state index in [1.54, 1.807) is 12.3 Å². The average molecular weight is 450 g/mol. The number of aryl methyl sites for hydroxylation is 1. The largest absolute Gasteiger partial charge is 0.395 e. The first-order chi connectivity index (χ1) is 15.5. The summed E-state index contributed by atoms with van der Waals surface area (Å²) in [6.07, 6.45) is 5.34. The summed E-state index contributed by atoms with van der Waals surface area (Å²) in [5.74, 6) is 1.96. The Morgan fingerprint density at radius 1 is 1.38 bits per heavy atom. The Morgan fingerprint density at radius 3 is 2.97 bits per heavy atom. The van der Waals surface area contributed by atoms with Gasteiger partial charge in [-0.1, -0.05) is 31.4 Å². The lowest BCUT2D eigenvalue weighted by Gasteiger charge is -2.21. The highest BCUT2D eigenvalue weighted by molar-refractivity contribution is 6.29. The van der Waals surface area contributed by atoms with E-state index in [0.717, 1.165) is 41.5 Å². The van der Waals surface area contributed by atoms with Crippen LogP contribution in [0.4, 0.5) is 17.5 Å². The molecular formula is C23H24ClN7O. The average Bonchev–Trinajstić information content (AvgIpc) is 3.49. The predicted molar refractivity (Wildman–Crippen MR) is 123 cm³/mol. The lowest BCUT2D eigenvalue weighted by molar-refractivity contribution is 0.219. The standard InChI is InChI=1S/C23H24ClN7O/c1-23(13-32)12-27-21-16(11-25)8-15(9-17(21)23)18-4-6-26-22(28-18)29-20-10-19(24)30-31(20)7-5-14-2-3-14/h4,6,8-10,14,27,32H,2-3,5,7,12-13H2,1H3,(H,26,28,29)/t23-/m1/s1. The van der Waals surface area contributed by atoms with Crippen molar-refractivity contribution in [1.82, 2.24) is 19.7 Å². The van der Waals surface area contributed by atoms with Gasteiger partial charge in [0.25, 0.3) is 0 Å². The van der Waals surface area contributed by atoms with Crippen molar-refractivity contribution in [2.45, 2.75) is 38.1 Å². The highest BCUT2D eigenvalue weighted by atomic mass is 35.5. The number of fused-ring (bicyclic) bond motifs is 1. The van der Waals surface area contributed by atoms with E-state index < -0.39 is 5.41 Å². The highest BCUT2D eigenvalue weighted by Gasteiger charge is 2.36. The summed E-state index contributed by atoms with van der Waals surface area (Å²) in [7, 11) is 0. The fraction of sp³-hybridized carbons (Fsp3) is 0.391. The molecule has 2 aliphatic rings. The van der Waals surface area contributed by atoms with Crippen LogP contribution in [0.15, 0.2) is 30.5 Å². The maximum atomic E-state index is 9.94. The molecule has 1 aromatic carbocycles. The molecule has 3 heterocycles. The zero-order valence-corrected chi connectivity index (χ0v) is 18.5. The van der Waals surface area contributed by atoms with Crippen LogP contribution in [0.3, 0.4) is 0 Å². The Bertz CT molecular complexity index is 1210. The molecule has 3 N–H and O–H groups in total. The van der Waals surface area contributed by atoms with Crippen LogP contribution in [-0.4, -0.2) is 38.0 Å². The van der Waals surface area contributed by atoms with Gasteiger partial charge in [-0.3, -0.25) is 0 Å². The summed E-state index contributed by atoms with van der Waals surface area (Å²) in [5.41, 5.74) is 3.28. The normalized spacial score (nSPS) is 19.3. The molecular weight excluding hydrogens is 426 g/mol. The number of rotatable bonds is 7. The van der Waals surface area contributed by atoms with Crippen LogP contribution in [0.1, 0.15) is 37.3 Å². The molecule has 3 aromatic rings. The molecule has 5 rings (SSSR count). The van der Waals surface area contributed by atoms with Crippen LogP contribution in [0, 0.1) is 17.2 Å². The molecule has 0 bridgehead atoms. The minimum absolute atomic E-state index is 0.0104. The summed E-state index contributed by atoms with van der Waals surface area (Å²) in [4.78, 5) is 9.03. The van der Waals surface area contributed by atoms with Crippen LogP contribution in [0.2, 0.25) is 5.15 Å². The Hall–Kier alpha value is -3.15. The van der Waals surface area contributed by atoms with Gasteiger partial charge in [-0.2, -0.15) is 10.4 Å². The molecule has 32 heavy (non-hydrogen) atoms. The van der Waals surface area contributed by atoms with Gasteiger partial charge in [-0.05, 0) is 36.1 Å². The zero-order chi connectivity index (χ0) is 22.3. The molecule has 0 amide bonds. The van der Waals surface area contributed by atoms with E-state index in [1.165, 1.54) is 12.8 Å². The molecule has 9 heteroatoms. The summed E-state index contributed by atoms with van der Waals surface area (Å²) < 4.78 is 1.86. The Morgan fingerprint density at radius 2 is 2.22 bits per heavy atom. The molecule has 1 atom stereocenters. The van der Waals surface area contributed by atoms with Crippen LogP contribution >= 0.6 is 11.6 Å². The lowest BCUT2D eigenvalue weighted by Crippen LogP contribution is -2.28. The zero-order valence-electron chi connectivity index (χ0n) is 17.8. The molecule has 1 aliphatic heterocycles. The second-order valence-electron chi connectivity index (χ2n) is 8.83. The van der Waals surface area contributed by atoms with Gasteiger partial charge in [0.1, 0.15) is 11.9 Å². The Kier molecular flexibility index (Phi) is 5.24. The van der Waals surface area contributed by atoms with Gasteiger partial charge in [0.15, 0.2) is 5.15 Å². The van der Waals surface area contributed by atoms with Gasteiger partial charge in [-0.15, -0.1) is 0 Å². The van der Waals surface area contributed by atoms with Crippen molar-refractivity contribution in [3.05, 3.63) is 46.7 Å². The monoisotopic (exact) mass is 449 g/mol. The number of nitrogens with one attached hydrogen (secondary N) is 2. The van der Waals surface area contributed by atoms with E-state index in [9.17, 15) is 10.4 Å². The van der Waals surface area contributed by atoms with Crippen molar-refractivity contribution < 1.29 is 5.11 Å². The number of nitriles is 1. The van der Waals surface area contributed by atoms with E-state index in [0.29, 0.717) is 28.9 Å². The van der Waals surface area contributed by atoms with Gasteiger partial charge in [-0.25, -0.2) is 14.6 Å². The van der Waals surface area contributed by atoms with Crippen molar-refractivity contribution in [3.63, 3.8) is 0 Å². The molecule has 0 saturated heterocycles. The van der Waals surface area contributed by atoms with Crippen molar-refractivity contribution in [3.8, 4) is 17.3 Å². The molecule has 1 aliphatic carbocycles. The predicted octanol–water partition coefficient (Wildman–Crippen LogP) is 4.08. The number of aliphatic hydroxyl groups is 1. The van der Waals surface area contributed by atoms with Crippen molar-refractivity contribution in [2.24, 2.45) is 5.92 Å². The van der Waals surface area contributed by atoms with Crippen LogP contribution in [-0.2, 0) is 12.0 Å². The molecule has 0 radical (unpaired) electrons. The molecule has 1 saturated carbocycles. The van der Waals surface area contributed by atoms with Crippen molar-refractivity contribution in [1.29, 1.82) is 5.26 Å². The molecule has 0 spiro atoms. The number of hydrogen-bond acceptors (Lipinski definition) is 7. The first kappa shape index (κ1) is 20.7. The number of anilines is 3. The van der Waals surface area contributed by atoms with Gasteiger partial charge < -0.3 is 15.7 Å². The van der Waals surface area contributed by atoms with Gasteiger partial charge in [0.2, 0.25) is 5.95 Å². The SMILES string of the molecule is C[C@]1(CO)CNc2c(C#N)cc(-c3ccnc(Nc4cc(Cl)nn4CCC4CC4)n3)cc21. The van der Waals surface area contributed by atoms with Crippen LogP contribution < -0.4 is 10.6 Å². The first-order valence-corrected chi connectivity index (χ1v) is 11.1. The van der Waals surface area contributed by atoms with E-state index in [4.69, 9.17) is 11.6 Å². The summed E-state index contributed by atoms with van der Waals surface area (Å²) in [6, 6.07) is 9.65. The van der Waals surface area contributed by atoms with Gasteiger partial charge >= 0.3 is 0 Å². The van der Waals surface area contributed by atoms with Gasteiger partial charge in [0, 0.05) is 36.3 Å². The van der Waals surface area contributed by atoms with Crippen molar-refractivity contribution in [2.75, 3.05) is 23.8 Å². The van der Waals surface area contributed by atoms with Gasteiger partial charge in [0.05, 0.1) is 23.6 Å². The number of aromatic nitrogens is 4. The number of aliphatic hydroxyl groups excluding tert-OH is 1. The number of nitrogens with zero attached hydrogens (tertiary/aromatic N) is 5. The molecule has 0 unspecified atom stereocenters. The number of hydrogen-bond donors (Lipinski definition) is 3. The Balaban J connectivity index is 1.45.